The Balaban J connectivity index is 1.52. The minimum Gasteiger partial charge on any atom is -0.497 e. The van der Waals surface area contributed by atoms with Crippen LogP contribution < -0.4 is 15.0 Å². The van der Waals surface area contributed by atoms with E-state index in [2.05, 4.69) is 40.5 Å². The molecule has 5 rings (SSSR count). The van der Waals surface area contributed by atoms with Gasteiger partial charge in [0, 0.05) is 19.2 Å². The van der Waals surface area contributed by atoms with Gasteiger partial charge in [-0.2, -0.15) is 0 Å². The number of amidine groups is 1. The molecule has 1 spiro atoms. The van der Waals surface area contributed by atoms with Gasteiger partial charge in [-0.1, -0.05) is 49.2 Å². The molecule has 1 aliphatic carbocycles. The molecule has 168 valence electrons. The highest BCUT2D eigenvalue weighted by Crippen LogP contribution is 2.39. The molecule has 1 unspecified atom stereocenters. The van der Waals surface area contributed by atoms with E-state index in [4.69, 9.17) is 9.73 Å². The van der Waals surface area contributed by atoms with Gasteiger partial charge in [0.1, 0.15) is 17.1 Å². The number of rotatable bonds is 5. The van der Waals surface area contributed by atoms with Gasteiger partial charge in [-0.25, -0.2) is 4.79 Å². The molecular formula is C26H32N4O2. The first-order valence-corrected chi connectivity index (χ1v) is 11.8. The maximum atomic E-state index is 13.4. The number of benzene rings is 2. The number of carbonyl (C=O) groups excluding carboxylic acids is 1. The van der Waals surface area contributed by atoms with Gasteiger partial charge < -0.3 is 4.74 Å². The number of urea groups is 1. The van der Waals surface area contributed by atoms with E-state index in [0.29, 0.717) is 6.04 Å². The summed E-state index contributed by atoms with van der Waals surface area (Å²) < 4.78 is 5.46. The third-order valence-electron chi connectivity index (χ3n) is 7.04. The minimum atomic E-state index is -0.473. The molecule has 0 aromatic heterocycles. The standard InChI is InChI=1S/C26H32N4O2/c1-32-23-14-7-13-22(17-23)30-25(31)28-24(27-21-11-5-6-12-21)26(30)15-8-16-29(19-26)18-20-9-3-2-4-10-20/h2-4,7,9-10,13-14,17,21H,5-6,8,11-12,15-16,18-19H2,1H3,(H,27,28,31). The molecule has 0 bridgehead atoms. The molecule has 2 aromatic carbocycles. The second-order valence-corrected chi connectivity index (χ2v) is 9.21. The number of likely N-dealkylation sites (tertiary alicyclic amines) is 1. The number of piperidine rings is 1. The Morgan fingerprint density at radius 3 is 2.69 bits per heavy atom. The molecule has 1 atom stereocenters. The third kappa shape index (κ3) is 3.99. The lowest BCUT2D eigenvalue weighted by molar-refractivity contribution is 0.176. The van der Waals surface area contributed by atoms with Crippen molar-refractivity contribution in [1.82, 2.24) is 10.2 Å². The van der Waals surface area contributed by atoms with Crippen molar-refractivity contribution in [2.24, 2.45) is 4.99 Å². The van der Waals surface area contributed by atoms with Crippen LogP contribution >= 0.6 is 0 Å². The predicted molar refractivity (Wildman–Crippen MR) is 127 cm³/mol. The van der Waals surface area contributed by atoms with E-state index < -0.39 is 5.54 Å². The molecule has 6 heteroatoms. The summed E-state index contributed by atoms with van der Waals surface area (Å²) in [7, 11) is 1.66. The van der Waals surface area contributed by atoms with Crippen LogP contribution in [0.4, 0.5) is 10.5 Å². The molecule has 2 aliphatic heterocycles. The Morgan fingerprint density at radius 1 is 1.09 bits per heavy atom. The maximum Gasteiger partial charge on any atom is 0.328 e. The molecule has 1 N–H and O–H groups in total. The van der Waals surface area contributed by atoms with Crippen LogP contribution in [0, 0.1) is 0 Å². The Morgan fingerprint density at radius 2 is 1.91 bits per heavy atom. The number of amides is 2. The van der Waals surface area contributed by atoms with Gasteiger partial charge in [-0.15, -0.1) is 0 Å². The Kier molecular flexibility index (Phi) is 5.87. The first kappa shape index (κ1) is 21.0. The summed E-state index contributed by atoms with van der Waals surface area (Å²) in [4.78, 5) is 22.9. The normalized spacial score (nSPS) is 25.6. The van der Waals surface area contributed by atoms with E-state index in [0.717, 1.165) is 62.6 Å². The SMILES string of the molecule is COc1cccc(N2C(=O)NC(=NC3CCCC3)C23CCCN(Cc2ccccc2)C3)c1. The summed E-state index contributed by atoms with van der Waals surface area (Å²) in [6.45, 7) is 2.66. The number of nitrogens with one attached hydrogen (secondary N) is 1. The molecule has 6 nitrogen and oxygen atoms in total. The Bertz CT molecular complexity index is 986. The van der Waals surface area contributed by atoms with Crippen LogP contribution in [-0.4, -0.2) is 48.5 Å². The van der Waals surface area contributed by atoms with E-state index in [9.17, 15) is 4.79 Å². The van der Waals surface area contributed by atoms with E-state index >= 15 is 0 Å². The van der Waals surface area contributed by atoms with Crippen LogP contribution in [0.5, 0.6) is 5.75 Å². The van der Waals surface area contributed by atoms with Crippen molar-refractivity contribution in [3.05, 3.63) is 60.2 Å². The van der Waals surface area contributed by atoms with Crippen molar-refractivity contribution >= 4 is 17.6 Å². The van der Waals surface area contributed by atoms with Gasteiger partial charge >= 0.3 is 6.03 Å². The zero-order valence-electron chi connectivity index (χ0n) is 18.8. The van der Waals surface area contributed by atoms with Gasteiger partial charge in [0.25, 0.3) is 0 Å². The van der Waals surface area contributed by atoms with Crippen molar-refractivity contribution in [3.8, 4) is 5.75 Å². The highest BCUT2D eigenvalue weighted by Gasteiger charge is 2.53. The lowest BCUT2D eigenvalue weighted by atomic mass is 9.86. The fraction of sp³-hybridized carbons (Fsp3) is 0.462. The van der Waals surface area contributed by atoms with Crippen molar-refractivity contribution in [2.75, 3.05) is 25.1 Å². The number of carbonyl (C=O) groups is 1. The molecular weight excluding hydrogens is 400 g/mol. The van der Waals surface area contributed by atoms with Gasteiger partial charge in [0.05, 0.1) is 18.8 Å². The van der Waals surface area contributed by atoms with Gasteiger partial charge in [-0.05, 0) is 49.9 Å². The molecule has 32 heavy (non-hydrogen) atoms. The fourth-order valence-corrected chi connectivity index (χ4v) is 5.53. The average molecular weight is 433 g/mol. The Hall–Kier alpha value is -2.86. The molecule has 2 heterocycles. The quantitative estimate of drug-likeness (QED) is 0.751. The molecule has 0 radical (unpaired) electrons. The van der Waals surface area contributed by atoms with Crippen molar-refractivity contribution < 1.29 is 9.53 Å². The third-order valence-corrected chi connectivity index (χ3v) is 7.04. The second kappa shape index (κ2) is 8.94. The van der Waals surface area contributed by atoms with Crippen molar-refractivity contribution in [3.63, 3.8) is 0 Å². The van der Waals surface area contributed by atoms with Crippen LogP contribution in [0.2, 0.25) is 0 Å². The van der Waals surface area contributed by atoms with Crippen LogP contribution in [0.15, 0.2) is 59.6 Å². The zero-order valence-corrected chi connectivity index (χ0v) is 18.8. The lowest BCUT2D eigenvalue weighted by Gasteiger charge is -2.44. The van der Waals surface area contributed by atoms with Crippen molar-refractivity contribution in [1.29, 1.82) is 0 Å². The van der Waals surface area contributed by atoms with Crippen LogP contribution in [0.25, 0.3) is 0 Å². The monoisotopic (exact) mass is 432 g/mol. The zero-order chi connectivity index (χ0) is 22.0. The largest absolute Gasteiger partial charge is 0.497 e. The molecule has 3 aliphatic rings. The van der Waals surface area contributed by atoms with Crippen LogP contribution in [-0.2, 0) is 6.54 Å². The first-order chi connectivity index (χ1) is 15.7. The Labute approximate surface area is 190 Å². The molecule has 2 saturated heterocycles. The summed E-state index contributed by atoms with van der Waals surface area (Å²) in [6, 6.07) is 18.6. The summed E-state index contributed by atoms with van der Waals surface area (Å²) in [5.74, 6) is 1.61. The van der Waals surface area contributed by atoms with E-state index in [1.54, 1.807) is 7.11 Å². The number of nitrogens with zero attached hydrogens (tertiary/aromatic N) is 3. The summed E-state index contributed by atoms with van der Waals surface area (Å²) in [5, 5.41) is 3.18. The number of hydrogen-bond donors (Lipinski definition) is 1. The summed E-state index contributed by atoms with van der Waals surface area (Å²) in [5.41, 5.74) is 1.68. The fourth-order valence-electron chi connectivity index (χ4n) is 5.53. The molecule has 2 aromatic rings. The van der Waals surface area contributed by atoms with Crippen molar-refractivity contribution in [2.45, 2.75) is 56.7 Å². The minimum absolute atomic E-state index is 0.0865. The van der Waals surface area contributed by atoms with Gasteiger partial charge in [0.2, 0.25) is 0 Å². The van der Waals surface area contributed by atoms with Gasteiger partial charge in [0.15, 0.2) is 0 Å². The highest BCUT2D eigenvalue weighted by molar-refractivity contribution is 6.19. The van der Waals surface area contributed by atoms with E-state index in [1.165, 1.54) is 18.4 Å². The maximum absolute atomic E-state index is 13.4. The second-order valence-electron chi connectivity index (χ2n) is 9.21. The number of ether oxygens (including phenoxy) is 1. The summed E-state index contributed by atoms with van der Waals surface area (Å²) >= 11 is 0. The smallest absolute Gasteiger partial charge is 0.328 e. The summed E-state index contributed by atoms with van der Waals surface area (Å²) in [6.07, 6.45) is 6.60. The van der Waals surface area contributed by atoms with E-state index in [1.807, 2.05) is 29.2 Å². The molecule has 2 amide bonds. The number of anilines is 1. The van der Waals surface area contributed by atoms with Gasteiger partial charge in [-0.3, -0.25) is 20.1 Å². The topological polar surface area (TPSA) is 57.2 Å². The highest BCUT2D eigenvalue weighted by atomic mass is 16.5. The predicted octanol–water partition coefficient (Wildman–Crippen LogP) is 4.60. The number of hydrogen-bond acceptors (Lipinski definition) is 4. The first-order valence-electron chi connectivity index (χ1n) is 11.8. The number of aliphatic imine (C=N–C) groups is 1. The molecule has 3 fully saturated rings. The average Bonchev–Trinajstić information content (AvgIpc) is 3.41. The number of methoxy groups -OCH3 is 1. The molecule has 1 saturated carbocycles. The lowest BCUT2D eigenvalue weighted by Crippen LogP contribution is -2.60. The van der Waals surface area contributed by atoms with Crippen LogP contribution in [0.3, 0.4) is 0 Å². The van der Waals surface area contributed by atoms with E-state index in [-0.39, 0.29) is 6.03 Å². The van der Waals surface area contributed by atoms with Crippen LogP contribution in [0.1, 0.15) is 44.1 Å².